The van der Waals surface area contributed by atoms with Crippen molar-refractivity contribution >= 4 is 17.7 Å². The Kier molecular flexibility index (Phi) is 6.36. The van der Waals surface area contributed by atoms with E-state index in [4.69, 9.17) is 9.15 Å². The fourth-order valence-corrected chi connectivity index (χ4v) is 3.83. The molecule has 4 rings (SSSR count). The molecule has 6 heteroatoms. The Bertz CT molecular complexity index is 1000. The molecule has 0 unspecified atom stereocenters. The highest BCUT2D eigenvalue weighted by molar-refractivity contribution is 5.92. The van der Waals surface area contributed by atoms with Crippen LogP contribution < -0.4 is 4.90 Å². The maximum Gasteiger partial charge on any atom is 0.337 e. The van der Waals surface area contributed by atoms with Gasteiger partial charge in [-0.25, -0.2) is 9.59 Å². The van der Waals surface area contributed by atoms with Gasteiger partial charge < -0.3 is 14.1 Å². The summed E-state index contributed by atoms with van der Waals surface area (Å²) in [7, 11) is 1.36. The van der Waals surface area contributed by atoms with E-state index >= 15 is 0 Å². The number of hydrogen-bond donors (Lipinski definition) is 0. The number of nitrogens with zero attached hydrogens (tertiary/aromatic N) is 2. The first kappa shape index (κ1) is 20.7. The molecule has 0 aliphatic carbocycles. The highest BCUT2D eigenvalue weighted by Gasteiger charge is 2.24. The summed E-state index contributed by atoms with van der Waals surface area (Å²) in [6.07, 6.45) is 6.58. The normalized spacial score (nSPS) is 13.6. The molecule has 2 heterocycles. The standard InChI is InChI=1S/C25H26N2O4/c1-30-24(28)21-7-5-19(6-8-21)17-27(25(29)26-14-3-2-4-15-26)23-11-9-20(10-12-23)22-13-16-31-18-22/h5-13,16,18H,2-4,14-15,17H2,1H3. The summed E-state index contributed by atoms with van der Waals surface area (Å²) in [5, 5.41) is 0. The lowest BCUT2D eigenvalue weighted by Crippen LogP contribution is -2.45. The number of ether oxygens (including phenoxy) is 1. The van der Waals surface area contributed by atoms with Crippen molar-refractivity contribution in [2.45, 2.75) is 25.8 Å². The summed E-state index contributed by atoms with van der Waals surface area (Å²) >= 11 is 0. The minimum Gasteiger partial charge on any atom is -0.472 e. The molecule has 1 fully saturated rings. The monoisotopic (exact) mass is 418 g/mol. The number of hydrogen-bond acceptors (Lipinski definition) is 4. The number of amides is 2. The van der Waals surface area contributed by atoms with Gasteiger partial charge in [0, 0.05) is 24.3 Å². The number of piperidine rings is 1. The van der Waals surface area contributed by atoms with Crippen LogP contribution >= 0.6 is 0 Å². The molecule has 0 spiro atoms. The number of benzene rings is 2. The Hall–Kier alpha value is -3.54. The van der Waals surface area contributed by atoms with Gasteiger partial charge in [0.1, 0.15) is 0 Å². The van der Waals surface area contributed by atoms with E-state index in [1.54, 1.807) is 29.6 Å². The molecule has 160 valence electrons. The summed E-state index contributed by atoms with van der Waals surface area (Å²) < 4.78 is 9.94. The van der Waals surface area contributed by atoms with Crippen LogP contribution in [0, 0.1) is 0 Å². The zero-order chi connectivity index (χ0) is 21.6. The SMILES string of the molecule is COC(=O)c1ccc(CN(C(=O)N2CCCCC2)c2ccc(-c3ccoc3)cc2)cc1. The Morgan fingerprint density at radius 1 is 0.935 bits per heavy atom. The molecule has 1 aliphatic rings. The van der Waals surface area contributed by atoms with E-state index in [2.05, 4.69) is 0 Å². The molecule has 2 aromatic carbocycles. The van der Waals surface area contributed by atoms with Gasteiger partial charge in [0.05, 0.1) is 31.7 Å². The van der Waals surface area contributed by atoms with Crippen molar-refractivity contribution in [3.05, 3.63) is 78.3 Å². The van der Waals surface area contributed by atoms with E-state index in [0.29, 0.717) is 12.1 Å². The lowest BCUT2D eigenvalue weighted by Gasteiger charge is -2.33. The summed E-state index contributed by atoms with van der Waals surface area (Å²) in [6, 6.07) is 17.0. The van der Waals surface area contributed by atoms with Crippen LogP contribution in [0.25, 0.3) is 11.1 Å². The van der Waals surface area contributed by atoms with E-state index < -0.39 is 0 Å². The summed E-state index contributed by atoms with van der Waals surface area (Å²) in [5.74, 6) is -0.373. The first-order chi connectivity index (χ1) is 15.2. The number of anilines is 1. The predicted octanol–water partition coefficient (Wildman–Crippen LogP) is 5.35. The molecule has 2 amide bonds. The second-order valence-corrected chi connectivity index (χ2v) is 7.66. The summed E-state index contributed by atoms with van der Waals surface area (Å²) in [5.41, 5.74) is 4.30. The smallest absolute Gasteiger partial charge is 0.337 e. The quantitative estimate of drug-likeness (QED) is 0.524. The number of esters is 1. The van der Waals surface area contributed by atoms with Crippen molar-refractivity contribution in [2.24, 2.45) is 0 Å². The Labute approximate surface area is 182 Å². The van der Waals surface area contributed by atoms with Crippen molar-refractivity contribution in [3.63, 3.8) is 0 Å². The van der Waals surface area contributed by atoms with Gasteiger partial charge in [-0.3, -0.25) is 4.90 Å². The van der Waals surface area contributed by atoms with Crippen molar-refractivity contribution in [2.75, 3.05) is 25.1 Å². The first-order valence-electron chi connectivity index (χ1n) is 10.5. The number of methoxy groups -OCH3 is 1. The number of carbonyl (C=O) groups is 2. The summed E-state index contributed by atoms with van der Waals surface area (Å²) in [6.45, 7) is 1.98. The van der Waals surface area contributed by atoms with Gasteiger partial charge in [-0.1, -0.05) is 24.3 Å². The zero-order valence-corrected chi connectivity index (χ0v) is 17.6. The lowest BCUT2D eigenvalue weighted by molar-refractivity contribution is 0.0600. The molecule has 6 nitrogen and oxygen atoms in total. The highest BCUT2D eigenvalue weighted by Crippen LogP contribution is 2.26. The highest BCUT2D eigenvalue weighted by atomic mass is 16.5. The van der Waals surface area contributed by atoms with Gasteiger partial charge in [-0.05, 0) is 60.7 Å². The third-order valence-electron chi connectivity index (χ3n) is 5.61. The van der Waals surface area contributed by atoms with Gasteiger partial charge in [-0.15, -0.1) is 0 Å². The average Bonchev–Trinajstić information content (AvgIpc) is 3.38. The van der Waals surface area contributed by atoms with Crippen molar-refractivity contribution in [3.8, 4) is 11.1 Å². The third-order valence-corrected chi connectivity index (χ3v) is 5.61. The maximum atomic E-state index is 13.4. The number of furan rings is 1. The minimum atomic E-state index is -0.373. The van der Waals surface area contributed by atoms with Gasteiger partial charge in [0.2, 0.25) is 0 Å². The van der Waals surface area contributed by atoms with Crippen molar-refractivity contribution in [1.82, 2.24) is 4.90 Å². The number of carbonyl (C=O) groups excluding carboxylic acids is 2. The minimum absolute atomic E-state index is 0.00723. The van der Waals surface area contributed by atoms with Gasteiger partial charge in [0.25, 0.3) is 0 Å². The Morgan fingerprint density at radius 2 is 1.65 bits per heavy atom. The van der Waals surface area contributed by atoms with E-state index in [0.717, 1.165) is 54.7 Å². The number of urea groups is 1. The molecular weight excluding hydrogens is 392 g/mol. The molecule has 1 aromatic heterocycles. The van der Waals surface area contributed by atoms with E-state index in [9.17, 15) is 9.59 Å². The molecule has 0 saturated carbocycles. The largest absolute Gasteiger partial charge is 0.472 e. The van der Waals surface area contributed by atoms with Crippen molar-refractivity contribution < 1.29 is 18.7 Å². The van der Waals surface area contributed by atoms with Crippen LogP contribution in [0.1, 0.15) is 35.2 Å². The molecule has 1 saturated heterocycles. The maximum absolute atomic E-state index is 13.4. The molecular formula is C25H26N2O4. The number of rotatable bonds is 5. The van der Waals surface area contributed by atoms with Crippen molar-refractivity contribution in [1.29, 1.82) is 0 Å². The zero-order valence-electron chi connectivity index (χ0n) is 17.6. The lowest BCUT2D eigenvalue weighted by atomic mass is 10.1. The predicted molar refractivity (Wildman–Crippen MR) is 119 cm³/mol. The van der Waals surface area contributed by atoms with Gasteiger partial charge in [0.15, 0.2) is 0 Å². The Morgan fingerprint density at radius 3 is 2.26 bits per heavy atom. The van der Waals surface area contributed by atoms with E-state index in [1.165, 1.54) is 7.11 Å². The average molecular weight is 418 g/mol. The molecule has 1 aliphatic heterocycles. The van der Waals surface area contributed by atoms with Crippen LogP contribution in [0.2, 0.25) is 0 Å². The van der Waals surface area contributed by atoms with Crippen LogP contribution in [0.3, 0.4) is 0 Å². The second-order valence-electron chi connectivity index (χ2n) is 7.66. The molecule has 0 atom stereocenters. The topological polar surface area (TPSA) is 63.0 Å². The fraction of sp³-hybridized carbons (Fsp3) is 0.280. The summed E-state index contributed by atoms with van der Waals surface area (Å²) in [4.78, 5) is 28.8. The van der Waals surface area contributed by atoms with Gasteiger partial charge in [-0.2, -0.15) is 0 Å². The third kappa shape index (κ3) is 4.79. The first-order valence-corrected chi connectivity index (χ1v) is 10.5. The van der Waals surface area contributed by atoms with E-state index in [-0.39, 0.29) is 12.0 Å². The molecule has 0 radical (unpaired) electrons. The van der Waals surface area contributed by atoms with Crippen LogP contribution in [-0.2, 0) is 11.3 Å². The molecule has 0 N–H and O–H groups in total. The molecule has 0 bridgehead atoms. The fourth-order valence-electron chi connectivity index (χ4n) is 3.83. The number of likely N-dealkylation sites (tertiary alicyclic amines) is 1. The van der Waals surface area contributed by atoms with E-state index in [1.807, 2.05) is 47.4 Å². The van der Waals surface area contributed by atoms with Crippen LogP contribution in [-0.4, -0.2) is 37.1 Å². The van der Waals surface area contributed by atoms with Gasteiger partial charge >= 0.3 is 12.0 Å². The Balaban J connectivity index is 1.59. The molecule has 3 aromatic rings. The van der Waals surface area contributed by atoms with Crippen LogP contribution in [0.4, 0.5) is 10.5 Å². The van der Waals surface area contributed by atoms with Crippen LogP contribution in [0.15, 0.2) is 71.5 Å². The second kappa shape index (κ2) is 9.51. The van der Waals surface area contributed by atoms with Crippen LogP contribution in [0.5, 0.6) is 0 Å². The molecule has 31 heavy (non-hydrogen) atoms.